The van der Waals surface area contributed by atoms with Gasteiger partial charge in [-0.25, -0.2) is 0 Å². The quantitative estimate of drug-likeness (QED) is 0.558. The summed E-state index contributed by atoms with van der Waals surface area (Å²) in [5.41, 5.74) is -5.38. The van der Waals surface area contributed by atoms with E-state index in [1.807, 2.05) is 0 Å². The largest absolute Gasteiger partial charge is 0.534 e. The predicted molar refractivity (Wildman–Crippen MR) is 46.7 cm³/mol. The fraction of sp³-hybridized carbons (Fsp3) is 0.750. The van der Waals surface area contributed by atoms with Crippen molar-refractivity contribution in [1.29, 1.82) is 0 Å². The van der Waals surface area contributed by atoms with Crippen molar-refractivity contribution < 1.29 is 30.5 Å². The van der Waals surface area contributed by atoms with Gasteiger partial charge in [-0.3, -0.25) is 0 Å². The summed E-state index contributed by atoms with van der Waals surface area (Å²) in [6, 6.07) is 0. The molecule has 0 aromatic heterocycles. The second-order valence-corrected chi connectivity index (χ2v) is 5.23. The van der Waals surface area contributed by atoms with E-state index in [-0.39, 0.29) is 24.4 Å². The maximum atomic E-state index is 12.0. The Hall–Kier alpha value is -0.760. The van der Waals surface area contributed by atoms with Gasteiger partial charge in [-0.2, -0.15) is 21.6 Å². The first-order chi connectivity index (χ1) is 7.28. The van der Waals surface area contributed by atoms with Crippen molar-refractivity contribution in [2.24, 2.45) is 0 Å². The standard InChI is InChI=1S/C8H9F3O4S/c9-8(10,11)16(12,13)15-7-3-5-1-2-6(4-7)14-5/h3,5-6H,1-2,4H2. The Labute approximate surface area is 90.2 Å². The number of hydrogen-bond donors (Lipinski definition) is 0. The zero-order valence-electron chi connectivity index (χ0n) is 8.03. The zero-order valence-corrected chi connectivity index (χ0v) is 8.85. The molecule has 0 N–H and O–H groups in total. The highest BCUT2D eigenvalue weighted by atomic mass is 32.2. The third-order valence-electron chi connectivity index (χ3n) is 2.44. The highest BCUT2D eigenvalue weighted by Gasteiger charge is 2.49. The van der Waals surface area contributed by atoms with Gasteiger partial charge in [0.1, 0.15) is 5.76 Å². The molecule has 92 valence electrons. The number of alkyl halides is 3. The molecule has 0 aromatic carbocycles. The summed E-state index contributed by atoms with van der Waals surface area (Å²) in [5, 5.41) is 0. The summed E-state index contributed by atoms with van der Waals surface area (Å²) in [4.78, 5) is 0. The molecular formula is C8H9F3O4S. The molecule has 2 heterocycles. The highest BCUT2D eigenvalue weighted by molar-refractivity contribution is 7.87. The van der Waals surface area contributed by atoms with Crippen LogP contribution in [0, 0.1) is 0 Å². The van der Waals surface area contributed by atoms with Gasteiger partial charge in [0.2, 0.25) is 0 Å². The number of ether oxygens (including phenoxy) is 1. The van der Waals surface area contributed by atoms with Crippen LogP contribution in [0.3, 0.4) is 0 Å². The van der Waals surface area contributed by atoms with Crippen LogP contribution in [0.1, 0.15) is 19.3 Å². The van der Waals surface area contributed by atoms with Crippen LogP contribution in [0.25, 0.3) is 0 Å². The van der Waals surface area contributed by atoms with Crippen molar-refractivity contribution in [1.82, 2.24) is 0 Å². The SMILES string of the molecule is O=S(=O)(OC1=CC2CCC(C1)O2)C(F)(F)F. The molecule has 8 heteroatoms. The molecule has 0 spiro atoms. The van der Waals surface area contributed by atoms with Crippen LogP contribution in [0.5, 0.6) is 0 Å². The van der Waals surface area contributed by atoms with E-state index < -0.39 is 15.6 Å². The maximum absolute atomic E-state index is 12.0. The van der Waals surface area contributed by atoms with Gasteiger partial charge < -0.3 is 8.92 Å². The number of hydrogen-bond acceptors (Lipinski definition) is 4. The average molecular weight is 258 g/mol. The van der Waals surface area contributed by atoms with Crippen molar-refractivity contribution in [3.05, 3.63) is 11.8 Å². The molecule has 0 amide bonds. The monoisotopic (exact) mass is 258 g/mol. The van der Waals surface area contributed by atoms with E-state index >= 15 is 0 Å². The van der Waals surface area contributed by atoms with E-state index in [4.69, 9.17) is 4.74 Å². The van der Waals surface area contributed by atoms with Crippen LogP contribution in [0.4, 0.5) is 13.2 Å². The second kappa shape index (κ2) is 3.63. The third kappa shape index (κ3) is 2.17. The lowest BCUT2D eigenvalue weighted by atomic mass is 10.2. The minimum Gasteiger partial charge on any atom is -0.381 e. The van der Waals surface area contributed by atoms with Gasteiger partial charge in [-0.15, -0.1) is 0 Å². The number of halogens is 3. The third-order valence-corrected chi connectivity index (χ3v) is 3.44. The second-order valence-electron chi connectivity index (χ2n) is 3.69. The van der Waals surface area contributed by atoms with Crippen molar-refractivity contribution in [2.75, 3.05) is 0 Å². The number of rotatable bonds is 2. The fourth-order valence-corrected chi connectivity index (χ4v) is 2.26. The van der Waals surface area contributed by atoms with Crippen LogP contribution in [-0.2, 0) is 19.0 Å². The van der Waals surface area contributed by atoms with Crippen LogP contribution in [-0.4, -0.2) is 26.1 Å². The molecule has 2 aliphatic heterocycles. The van der Waals surface area contributed by atoms with Crippen molar-refractivity contribution >= 4 is 10.1 Å². The summed E-state index contributed by atoms with van der Waals surface area (Å²) in [5.74, 6) is -0.170. The van der Waals surface area contributed by atoms with Gasteiger partial charge in [-0.05, 0) is 18.9 Å². The molecule has 2 aliphatic rings. The van der Waals surface area contributed by atoms with E-state index in [1.54, 1.807) is 0 Å². The molecule has 4 nitrogen and oxygen atoms in total. The Morgan fingerprint density at radius 1 is 1.38 bits per heavy atom. The Morgan fingerprint density at radius 3 is 2.62 bits per heavy atom. The molecule has 2 unspecified atom stereocenters. The maximum Gasteiger partial charge on any atom is 0.534 e. The molecule has 2 rings (SSSR count). The molecule has 1 saturated heterocycles. The van der Waals surface area contributed by atoms with Crippen LogP contribution in [0.2, 0.25) is 0 Å². The summed E-state index contributed by atoms with van der Waals surface area (Å²) >= 11 is 0. The Balaban J connectivity index is 2.12. The molecule has 0 aliphatic carbocycles. The van der Waals surface area contributed by atoms with Gasteiger partial charge >= 0.3 is 15.6 Å². The lowest BCUT2D eigenvalue weighted by molar-refractivity contribution is -0.0533. The molecule has 2 atom stereocenters. The lowest BCUT2D eigenvalue weighted by Gasteiger charge is -2.20. The van der Waals surface area contributed by atoms with Crippen molar-refractivity contribution in [3.63, 3.8) is 0 Å². The molecule has 16 heavy (non-hydrogen) atoms. The van der Waals surface area contributed by atoms with E-state index in [9.17, 15) is 21.6 Å². The van der Waals surface area contributed by atoms with Crippen LogP contribution in [0.15, 0.2) is 11.8 Å². The average Bonchev–Trinajstić information content (AvgIpc) is 2.43. The first-order valence-electron chi connectivity index (χ1n) is 4.65. The van der Waals surface area contributed by atoms with Gasteiger partial charge in [0.05, 0.1) is 12.2 Å². The minimum atomic E-state index is -5.54. The summed E-state index contributed by atoms with van der Waals surface area (Å²) in [6.07, 6.45) is 2.22. The van der Waals surface area contributed by atoms with Gasteiger partial charge in [-0.1, -0.05) is 0 Å². The Morgan fingerprint density at radius 2 is 2.06 bits per heavy atom. The predicted octanol–water partition coefficient (Wildman–Crippen LogP) is 1.69. The normalized spacial score (nSPS) is 30.1. The van der Waals surface area contributed by atoms with Crippen molar-refractivity contribution in [2.45, 2.75) is 37.0 Å². The van der Waals surface area contributed by atoms with Crippen LogP contribution < -0.4 is 0 Å². The summed E-state index contributed by atoms with van der Waals surface area (Å²) in [7, 11) is -5.54. The van der Waals surface area contributed by atoms with E-state index in [0.717, 1.165) is 0 Å². The van der Waals surface area contributed by atoms with Gasteiger partial charge in [0, 0.05) is 6.42 Å². The van der Waals surface area contributed by atoms with E-state index in [2.05, 4.69) is 4.18 Å². The molecule has 0 saturated carbocycles. The van der Waals surface area contributed by atoms with E-state index in [1.165, 1.54) is 6.08 Å². The minimum absolute atomic E-state index is 0.0752. The number of fused-ring (bicyclic) bond motifs is 2. The molecule has 0 radical (unpaired) electrons. The summed E-state index contributed by atoms with van der Waals surface area (Å²) < 4.78 is 66.9. The lowest BCUT2D eigenvalue weighted by Crippen LogP contribution is -2.27. The molecule has 2 bridgehead atoms. The van der Waals surface area contributed by atoms with Gasteiger partial charge in [0.15, 0.2) is 0 Å². The molecule has 1 fully saturated rings. The summed E-state index contributed by atoms with van der Waals surface area (Å²) in [6.45, 7) is 0. The Bertz CT molecular complexity index is 411. The van der Waals surface area contributed by atoms with Crippen LogP contribution >= 0.6 is 0 Å². The van der Waals surface area contributed by atoms with Crippen molar-refractivity contribution in [3.8, 4) is 0 Å². The Kier molecular flexibility index (Phi) is 2.66. The first kappa shape index (κ1) is 11.7. The van der Waals surface area contributed by atoms with E-state index in [0.29, 0.717) is 12.8 Å². The first-order valence-corrected chi connectivity index (χ1v) is 6.06. The highest BCUT2D eigenvalue weighted by Crippen LogP contribution is 2.35. The zero-order chi connectivity index (χ0) is 12.0. The van der Waals surface area contributed by atoms with Gasteiger partial charge in [0.25, 0.3) is 0 Å². The molecule has 0 aromatic rings. The fourth-order valence-electron chi connectivity index (χ4n) is 1.76. The topological polar surface area (TPSA) is 52.6 Å². The molecular weight excluding hydrogens is 249 g/mol. The smallest absolute Gasteiger partial charge is 0.381 e.